The van der Waals surface area contributed by atoms with Gasteiger partial charge >= 0.3 is 0 Å². The average Bonchev–Trinajstić information content (AvgIpc) is 3.22. The number of carbonyl (C=O) groups excluding carboxylic acids is 2. The number of hydrogen-bond donors (Lipinski definition) is 1. The molecule has 132 valence electrons. The molecule has 0 unspecified atom stereocenters. The number of ether oxygens (including phenoxy) is 2. The van der Waals surface area contributed by atoms with Crippen LogP contribution in [0.3, 0.4) is 0 Å². The fourth-order valence-electron chi connectivity index (χ4n) is 2.42. The minimum absolute atomic E-state index is 0.215. The highest BCUT2D eigenvalue weighted by Crippen LogP contribution is 2.25. The van der Waals surface area contributed by atoms with Crippen molar-refractivity contribution in [1.29, 1.82) is 0 Å². The average molecular weight is 350 g/mol. The summed E-state index contributed by atoms with van der Waals surface area (Å²) in [4.78, 5) is 25.4. The van der Waals surface area contributed by atoms with Crippen LogP contribution in [0.2, 0.25) is 0 Å². The van der Waals surface area contributed by atoms with Gasteiger partial charge in [-0.1, -0.05) is 6.58 Å². The molecule has 26 heavy (non-hydrogen) atoms. The van der Waals surface area contributed by atoms with E-state index in [0.29, 0.717) is 16.9 Å². The lowest BCUT2D eigenvalue weighted by atomic mass is 10.1. The smallest absolute Gasteiger partial charge is 0.266 e. The van der Waals surface area contributed by atoms with Crippen LogP contribution in [-0.2, 0) is 14.3 Å². The molecule has 0 saturated carbocycles. The lowest BCUT2D eigenvalue weighted by Crippen LogP contribution is -2.23. The summed E-state index contributed by atoms with van der Waals surface area (Å²) in [6.07, 6.45) is 3.78. The third-order valence-electron chi connectivity index (χ3n) is 3.92. The molecule has 0 atom stereocenters. The second kappa shape index (κ2) is 7.57. The number of amides is 2. The van der Waals surface area contributed by atoms with Crippen molar-refractivity contribution in [2.24, 2.45) is 0 Å². The van der Waals surface area contributed by atoms with Gasteiger partial charge in [0.2, 0.25) is 5.91 Å². The molecule has 0 aliphatic carbocycles. The van der Waals surface area contributed by atoms with Gasteiger partial charge in [-0.25, -0.2) is 0 Å². The first-order chi connectivity index (χ1) is 12.6. The summed E-state index contributed by atoms with van der Waals surface area (Å²) in [6.45, 7) is 3.46. The van der Waals surface area contributed by atoms with Crippen LogP contribution in [0.15, 0.2) is 73.7 Å². The molecule has 1 N–H and O–H groups in total. The van der Waals surface area contributed by atoms with E-state index in [-0.39, 0.29) is 11.8 Å². The van der Waals surface area contributed by atoms with E-state index >= 15 is 0 Å². The Morgan fingerprint density at radius 2 is 1.65 bits per heavy atom. The van der Waals surface area contributed by atoms with Crippen molar-refractivity contribution in [3.8, 4) is 0 Å². The first-order valence-electron chi connectivity index (χ1n) is 7.96. The van der Waals surface area contributed by atoms with Crippen molar-refractivity contribution < 1.29 is 19.1 Å². The molecule has 0 fully saturated rings. The van der Waals surface area contributed by atoms with E-state index in [9.17, 15) is 9.59 Å². The summed E-state index contributed by atoms with van der Waals surface area (Å²) in [5.41, 5.74) is 2.69. The van der Waals surface area contributed by atoms with E-state index in [2.05, 4.69) is 11.9 Å². The molecule has 2 aromatic rings. The van der Waals surface area contributed by atoms with Crippen molar-refractivity contribution in [1.82, 2.24) is 0 Å². The fraction of sp³-hybridized carbons (Fsp3) is 0.100. The first-order valence-corrected chi connectivity index (χ1v) is 7.96. The largest absolute Gasteiger partial charge is 0.455 e. The highest BCUT2D eigenvalue weighted by atomic mass is 16.7. The maximum Gasteiger partial charge on any atom is 0.266 e. The number of anilines is 2. The Hall–Kier alpha value is -3.54. The zero-order valence-corrected chi connectivity index (χ0v) is 14.2. The molecule has 2 amide bonds. The minimum atomic E-state index is -0.442. The summed E-state index contributed by atoms with van der Waals surface area (Å²) in [5, 5.41) is 2.83. The van der Waals surface area contributed by atoms with Crippen LogP contribution in [-0.4, -0.2) is 18.9 Å². The van der Waals surface area contributed by atoms with E-state index in [1.165, 1.54) is 23.5 Å². The number of carbonyl (C=O) groups is 2. The number of nitrogens with zero attached hydrogens (tertiary/aromatic N) is 1. The molecular weight excluding hydrogens is 332 g/mol. The van der Waals surface area contributed by atoms with E-state index in [1.54, 1.807) is 43.4 Å². The van der Waals surface area contributed by atoms with Gasteiger partial charge < -0.3 is 19.7 Å². The Balaban J connectivity index is 1.64. The summed E-state index contributed by atoms with van der Waals surface area (Å²) < 4.78 is 10.5. The zero-order chi connectivity index (χ0) is 18.5. The molecule has 0 aromatic heterocycles. The highest BCUT2D eigenvalue weighted by Gasteiger charge is 2.15. The van der Waals surface area contributed by atoms with Crippen LogP contribution in [0.1, 0.15) is 22.2 Å². The predicted octanol–water partition coefficient (Wildman–Crippen LogP) is 3.60. The Morgan fingerprint density at radius 3 is 2.23 bits per heavy atom. The second-order valence-electron chi connectivity index (χ2n) is 5.60. The highest BCUT2D eigenvalue weighted by molar-refractivity contribution is 6.05. The minimum Gasteiger partial charge on any atom is -0.455 e. The number of benzene rings is 2. The Bertz CT molecular complexity index is 833. The lowest BCUT2D eigenvalue weighted by Gasteiger charge is -2.15. The normalized spacial score (nSPS) is 12.8. The topological polar surface area (TPSA) is 67.9 Å². The molecule has 1 aliphatic heterocycles. The molecule has 0 spiro atoms. The van der Waals surface area contributed by atoms with Gasteiger partial charge in [0.25, 0.3) is 12.2 Å². The summed E-state index contributed by atoms with van der Waals surface area (Å²) in [6, 6.07) is 14.0. The van der Waals surface area contributed by atoms with E-state index in [1.807, 2.05) is 12.1 Å². The Morgan fingerprint density at radius 1 is 1.04 bits per heavy atom. The molecule has 1 heterocycles. The second-order valence-corrected chi connectivity index (χ2v) is 5.60. The van der Waals surface area contributed by atoms with Crippen molar-refractivity contribution in [2.75, 3.05) is 17.3 Å². The van der Waals surface area contributed by atoms with Crippen LogP contribution in [0, 0.1) is 0 Å². The molecule has 0 radical (unpaired) electrons. The van der Waals surface area contributed by atoms with Gasteiger partial charge in [-0.05, 0) is 54.6 Å². The van der Waals surface area contributed by atoms with Crippen molar-refractivity contribution in [2.45, 2.75) is 6.29 Å². The maximum atomic E-state index is 12.4. The van der Waals surface area contributed by atoms with Crippen molar-refractivity contribution in [3.63, 3.8) is 0 Å². The lowest BCUT2D eigenvalue weighted by molar-refractivity contribution is -0.113. The van der Waals surface area contributed by atoms with Gasteiger partial charge in [0.15, 0.2) is 0 Å². The number of rotatable bonds is 5. The van der Waals surface area contributed by atoms with Crippen molar-refractivity contribution >= 4 is 23.2 Å². The van der Waals surface area contributed by atoms with E-state index < -0.39 is 6.29 Å². The first kappa shape index (κ1) is 17.3. The zero-order valence-electron chi connectivity index (χ0n) is 14.2. The summed E-state index contributed by atoms with van der Waals surface area (Å²) >= 11 is 0. The maximum absolute atomic E-state index is 12.4. The van der Waals surface area contributed by atoms with E-state index in [0.717, 1.165) is 5.56 Å². The molecule has 6 heteroatoms. The SMILES string of the molecule is C=CC(=O)N(C)c1ccc(C(=O)Nc2ccc(C3OC=CO3)cc2)cc1. The quantitative estimate of drug-likeness (QED) is 0.837. The number of nitrogens with one attached hydrogen (secondary N) is 1. The van der Waals surface area contributed by atoms with Crippen LogP contribution in [0.4, 0.5) is 11.4 Å². The third-order valence-corrected chi connectivity index (χ3v) is 3.92. The van der Waals surface area contributed by atoms with Gasteiger partial charge in [-0.3, -0.25) is 9.59 Å². The van der Waals surface area contributed by atoms with Crippen LogP contribution >= 0.6 is 0 Å². The van der Waals surface area contributed by atoms with Crippen LogP contribution < -0.4 is 10.2 Å². The Kier molecular flexibility index (Phi) is 5.03. The van der Waals surface area contributed by atoms with Gasteiger partial charge in [-0.2, -0.15) is 0 Å². The molecule has 3 rings (SSSR count). The number of hydrogen-bond acceptors (Lipinski definition) is 4. The molecule has 1 aliphatic rings. The standard InChI is InChI=1S/C20H18N2O4/c1-3-18(23)22(2)17-10-6-14(7-11-17)19(24)21-16-8-4-15(5-9-16)20-25-12-13-26-20/h3-13,20H,1H2,2H3,(H,21,24). The Labute approximate surface area is 151 Å². The van der Waals surface area contributed by atoms with Gasteiger partial charge in [0.1, 0.15) is 12.5 Å². The predicted molar refractivity (Wildman–Crippen MR) is 98.5 cm³/mol. The van der Waals surface area contributed by atoms with Crippen LogP contribution in [0.5, 0.6) is 0 Å². The van der Waals surface area contributed by atoms with E-state index in [4.69, 9.17) is 9.47 Å². The molecule has 0 saturated heterocycles. The van der Waals surface area contributed by atoms with Crippen LogP contribution in [0.25, 0.3) is 0 Å². The van der Waals surface area contributed by atoms with Gasteiger partial charge in [-0.15, -0.1) is 0 Å². The third kappa shape index (κ3) is 3.75. The van der Waals surface area contributed by atoms with Gasteiger partial charge in [0, 0.05) is 29.5 Å². The molecule has 2 aromatic carbocycles. The summed E-state index contributed by atoms with van der Waals surface area (Å²) in [5.74, 6) is -0.454. The van der Waals surface area contributed by atoms with Gasteiger partial charge in [0.05, 0.1) is 0 Å². The number of likely N-dealkylation sites (N-methyl/N-ethyl adjacent to an activating group) is 1. The van der Waals surface area contributed by atoms with Crippen molar-refractivity contribution in [3.05, 3.63) is 84.8 Å². The molecule has 6 nitrogen and oxygen atoms in total. The fourth-order valence-corrected chi connectivity index (χ4v) is 2.42. The molecular formula is C20H18N2O4. The summed E-state index contributed by atoms with van der Waals surface area (Å²) in [7, 11) is 1.65. The monoisotopic (exact) mass is 350 g/mol. The molecule has 0 bridgehead atoms.